The zero-order chi connectivity index (χ0) is 17.1. The summed E-state index contributed by atoms with van der Waals surface area (Å²) < 4.78 is 13.2. The van der Waals surface area contributed by atoms with E-state index in [0.29, 0.717) is 5.01 Å². The number of hydrogen-bond donors (Lipinski definition) is 2. The van der Waals surface area contributed by atoms with Crippen LogP contribution in [0, 0.1) is 5.82 Å². The van der Waals surface area contributed by atoms with E-state index in [1.807, 2.05) is 6.07 Å². The first-order valence-corrected chi connectivity index (χ1v) is 7.69. The van der Waals surface area contributed by atoms with Crippen LogP contribution in [0.15, 0.2) is 48.1 Å². The first-order chi connectivity index (χ1) is 11.5. The largest absolute Gasteiger partial charge is 0.366 e. The van der Waals surface area contributed by atoms with Crippen LogP contribution in [0.5, 0.6) is 0 Å². The number of anilines is 1. The Hall–Kier alpha value is -3.13. The number of aromatic nitrogens is 2. The number of carbonyl (C=O) groups is 2. The lowest BCUT2D eigenvalue weighted by molar-refractivity contribution is 0.100. The number of benzene rings is 1. The van der Waals surface area contributed by atoms with E-state index in [4.69, 9.17) is 5.73 Å². The van der Waals surface area contributed by atoms with E-state index in [-0.39, 0.29) is 16.9 Å². The highest BCUT2D eigenvalue weighted by Crippen LogP contribution is 2.24. The summed E-state index contributed by atoms with van der Waals surface area (Å²) in [6, 6.07) is 6.98. The molecule has 0 aliphatic carbocycles. The fourth-order valence-corrected chi connectivity index (χ4v) is 2.81. The highest BCUT2D eigenvalue weighted by Gasteiger charge is 2.16. The third-order valence-electron chi connectivity index (χ3n) is 3.14. The molecule has 0 unspecified atom stereocenters. The highest BCUT2D eigenvalue weighted by atomic mass is 32.1. The highest BCUT2D eigenvalue weighted by molar-refractivity contribution is 7.13. The van der Waals surface area contributed by atoms with Gasteiger partial charge in [-0.15, -0.1) is 11.3 Å². The fraction of sp³-hybridized carbons (Fsp3) is 0. The number of nitrogens with two attached hydrogens (primary N) is 1. The van der Waals surface area contributed by atoms with Gasteiger partial charge < -0.3 is 11.1 Å². The van der Waals surface area contributed by atoms with Gasteiger partial charge in [0.25, 0.3) is 11.8 Å². The van der Waals surface area contributed by atoms with E-state index in [2.05, 4.69) is 15.3 Å². The summed E-state index contributed by atoms with van der Waals surface area (Å²) in [5, 5.41) is 4.75. The van der Waals surface area contributed by atoms with Crippen LogP contribution in [0.1, 0.15) is 20.8 Å². The van der Waals surface area contributed by atoms with Crippen molar-refractivity contribution >= 4 is 28.8 Å². The Bertz CT molecular complexity index is 911. The molecule has 120 valence electrons. The number of amides is 2. The van der Waals surface area contributed by atoms with Crippen LogP contribution in [0.3, 0.4) is 0 Å². The number of hydrogen-bond acceptors (Lipinski definition) is 5. The Kier molecular flexibility index (Phi) is 4.30. The Balaban J connectivity index is 1.84. The molecule has 3 N–H and O–H groups in total. The SMILES string of the molecule is NC(=O)c1cc(F)ccc1NC(=O)c1csc(-c2cccnc2)n1. The number of rotatable bonds is 4. The molecule has 24 heavy (non-hydrogen) atoms. The minimum Gasteiger partial charge on any atom is -0.366 e. The van der Waals surface area contributed by atoms with Crippen LogP contribution in [-0.4, -0.2) is 21.8 Å². The quantitative estimate of drug-likeness (QED) is 0.761. The van der Waals surface area contributed by atoms with Crippen molar-refractivity contribution in [2.75, 3.05) is 5.32 Å². The smallest absolute Gasteiger partial charge is 0.275 e. The summed E-state index contributed by atoms with van der Waals surface area (Å²) in [6.07, 6.45) is 3.29. The molecule has 0 bridgehead atoms. The van der Waals surface area contributed by atoms with Gasteiger partial charge in [-0.2, -0.15) is 0 Å². The third kappa shape index (κ3) is 3.28. The molecule has 8 heteroatoms. The third-order valence-corrected chi connectivity index (χ3v) is 4.03. The second-order valence-corrected chi connectivity index (χ2v) is 5.65. The number of carbonyl (C=O) groups excluding carboxylic acids is 2. The van der Waals surface area contributed by atoms with Gasteiger partial charge in [0, 0.05) is 23.3 Å². The summed E-state index contributed by atoms with van der Waals surface area (Å²) in [5.41, 5.74) is 6.20. The van der Waals surface area contributed by atoms with Gasteiger partial charge >= 0.3 is 0 Å². The average Bonchev–Trinajstić information content (AvgIpc) is 3.07. The van der Waals surface area contributed by atoms with Gasteiger partial charge in [0.2, 0.25) is 0 Å². The molecule has 3 rings (SSSR count). The van der Waals surface area contributed by atoms with Gasteiger partial charge in [-0.25, -0.2) is 9.37 Å². The molecule has 0 radical (unpaired) electrons. The molecule has 0 aliphatic heterocycles. The molecule has 0 saturated heterocycles. The van der Waals surface area contributed by atoms with Gasteiger partial charge in [-0.3, -0.25) is 14.6 Å². The normalized spacial score (nSPS) is 10.4. The van der Waals surface area contributed by atoms with Crippen LogP contribution in [0.25, 0.3) is 10.6 Å². The first-order valence-electron chi connectivity index (χ1n) is 6.81. The van der Waals surface area contributed by atoms with E-state index in [0.717, 1.165) is 17.7 Å². The number of nitrogens with zero attached hydrogens (tertiary/aromatic N) is 2. The molecule has 2 aromatic heterocycles. The monoisotopic (exact) mass is 342 g/mol. The van der Waals surface area contributed by atoms with Gasteiger partial charge in [0.1, 0.15) is 16.5 Å². The molecule has 0 aliphatic rings. The number of halogens is 1. The molecule has 0 fully saturated rings. The molecule has 1 aromatic carbocycles. The van der Waals surface area contributed by atoms with Crippen LogP contribution < -0.4 is 11.1 Å². The fourth-order valence-electron chi connectivity index (χ4n) is 2.02. The zero-order valence-electron chi connectivity index (χ0n) is 12.2. The summed E-state index contributed by atoms with van der Waals surface area (Å²) in [5.74, 6) is -1.97. The molecular formula is C16H11FN4O2S. The minimum absolute atomic E-state index is 0.105. The maximum atomic E-state index is 13.2. The summed E-state index contributed by atoms with van der Waals surface area (Å²) in [7, 11) is 0. The Morgan fingerprint density at radius 1 is 1.25 bits per heavy atom. The first kappa shape index (κ1) is 15.8. The van der Waals surface area contributed by atoms with E-state index in [1.54, 1.807) is 23.8 Å². The average molecular weight is 342 g/mol. The van der Waals surface area contributed by atoms with Crippen molar-refractivity contribution in [2.45, 2.75) is 0 Å². The van der Waals surface area contributed by atoms with Gasteiger partial charge in [-0.05, 0) is 30.3 Å². The summed E-state index contributed by atoms with van der Waals surface area (Å²) in [4.78, 5) is 31.9. The Morgan fingerprint density at radius 3 is 2.79 bits per heavy atom. The lowest BCUT2D eigenvalue weighted by Crippen LogP contribution is -2.18. The number of nitrogens with one attached hydrogen (secondary N) is 1. The predicted octanol–water partition coefficient (Wildman–Crippen LogP) is 2.70. The van der Waals surface area contributed by atoms with Crippen LogP contribution in [0.2, 0.25) is 0 Å². The van der Waals surface area contributed by atoms with Gasteiger partial charge in [0.15, 0.2) is 0 Å². The zero-order valence-corrected chi connectivity index (χ0v) is 13.0. The van der Waals surface area contributed by atoms with E-state index in [1.165, 1.54) is 17.4 Å². The van der Waals surface area contributed by atoms with Crippen molar-refractivity contribution in [3.63, 3.8) is 0 Å². The van der Waals surface area contributed by atoms with E-state index < -0.39 is 17.6 Å². The Labute approximate surface area is 140 Å². The Morgan fingerprint density at radius 2 is 2.08 bits per heavy atom. The van der Waals surface area contributed by atoms with Gasteiger partial charge in [0.05, 0.1) is 11.3 Å². The van der Waals surface area contributed by atoms with Crippen molar-refractivity contribution < 1.29 is 14.0 Å². The molecular weight excluding hydrogens is 331 g/mol. The van der Waals surface area contributed by atoms with Crippen molar-refractivity contribution in [2.24, 2.45) is 5.73 Å². The van der Waals surface area contributed by atoms with Crippen molar-refractivity contribution in [1.82, 2.24) is 9.97 Å². The van der Waals surface area contributed by atoms with Crippen molar-refractivity contribution in [3.8, 4) is 10.6 Å². The summed E-state index contributed by atoms with van der Waals surface area (Å²) in [6.45, 7) is 0. The lowest BCUT2D eigenvalue weighted by Gasteiger charge is -2.07. The molecule has 0 atom stereocenters. The van der Waals surface area contributed by atoms with Crippen molar-refractivity contribution in [3.05, 3.63) is 65.2 Å². The molecule has 0 spiro atoms. The number of primary amides is 1. The maximum Gasteiger partial charge on any atom is 0.275 e. The topological polar surface area (TPSA) is 98.0 Å². The molecule has 2 heterocycles. The predicted molar refractivity (Wildman–Crippen MR) is 88.2 cm³/mol. The summed E-state index contributed by atoms with van der Waals surface area (Å²) >= 11 is 1.29. The van der Waals surface area contributed by atoms with Crippen LogP contribution >= 0.6 is 11.3 Å². The second-order valence-electron chi connectivity index (χ2n) is 4.79. The second kappa shape index (κ2) is 6.55. The van der Waals surface area contributed by atoms with Gasteiger partial charge in [-0.1, -0.05) is 0 Å². The lowest BCUT2D eigenvalue weighted by atomic mass is 10.1. The van der Waals surface area contributed by atoms with E-state index >= 15 is 0 Å². The molecule has 3 aromatic rings. The molecule has 2 amide bonds. The standard InChI is InChI=1S/C16H11FN4O2S/c17-10-3-4-12(11(6-10)14(18)22)20-15(23)13-8-24-16(21-13)9-2-1-5-19-7-9/h1-8H,(H2,18,22)(H,20,23). The van der Waals surface area contributed by atoms with Crippen molar-refractivity contribution in [1.29, 1.82) is 0 Å². The maximum absolute atomic E-state index is 13.2. The number of pyridine rings is 1. The minimum atomic E-state index is -0.834. The number of thiazole rings is 1. The van der Waals surface area contributed by atoms with Crippen LogP contribution in [-0.2, 0) is 0 Å². The van der Waals surface area contributed by atoms with E-state index in [9.17, 15) is 14.0 Å². The molecule has 6 nitrogen and oxygen atoms in total. The molecule has 0 saturated carbocycles. The van der Waals surface area contributed by atoms with Crippen LogP contribution in [0.4, 0.5) is 10.1 Å².